The molecule has 0 aliphatic heterocycles. The molecule has 0 amide bonds. The normalized spacial score (nSPS) is 9.65. The smallest absolute Gasteiger partial charge is 0.143 e. The maximum Gasteiger partial charge on any atom is 0.143 e. The highest BCUT2D eigenvalue weighted by molar-refractivity contribution is 5.66. The third-order valence-electron chi connectivity index (χ3n) is 2.70. The van der Waals surface area contributed by atoms with Crippen LogP contribution in [0.4, 0.5) is 17.3 Å². The van der Waals surface area contributed by atoms with E-state index < -0.39 is 0 Å². The molecule has 0 unspecified atom stereocenters. The quantitative estimate of drug-likeness (QED) is 0.871. The van der Waals surface area contributed by atoms with E-state index in [9.17, 15) is 0 Å². The number of ether oxygens (including phenoxy) is 1. The Morgan fingerprint density at radius 1 is 1.25 bits per heavy atom. The second kappa shape index (κ2) is 6.43. The maximum absolute atomic E-state index is 8.89. The highest BCUT2D eigenvalue weighted by Crippen LogP contribution is 2.28. The number of hydrogen-bond donors (Lipinski definition) is 2. The highest BCUT2D eigenvalue weighted by atomic mass is 16.5. The van der Waals surface area contributed by atoms with Crippen molar-refractivity contribution in [2.75, 3.05) is 24.3 Å². The van der Waals surface area contributed by atoms with Gasteiger partial charge in [-0.1, -0.05) is 6.07 Å². The maximum atomic E-state index is 8.89. The van der Waals surface area contributed by atoms with Gasteiger partial charge in [0.15, 0.2) is 0 Å². The molecule has 1 heterocycles. The van der Waals surface area contributed by atoms with Gasteiger partial charge in [0, 0.05) is 12.6 Å². The van der Waals surface area contributed by atoms with E-state index in [-0.39, 0.29) is 0 Å². The predicted molar refractivity (Wildman–Crippen MR) is 79.4 cm³/mol. The molecular formula is C15H16N4O. The minimum atomic E-state index is 0.557. The Bertz CT molecular complexity index is 634. The number of aromatic nitrogens is 1. The van der Waals surface area contributed by atoms with Gasteiger partial charge >= 0.3 is 0 Å². The molecule has 5 heteroatoms. The summed E-state index contributed by atoms with van der Waals surface area (Å²) in [5.74, 6) is 2.14. The largest absolute Gasteiger partial charge is 0.495 e. The van der Waals surface area contributed by atoms with Crippen LogP contribution in [0.15, 0.2) is 36.4 Å². The lowest BCUT2D eigenvalue weighted by Gasteiger charge is -2.11. The molecule has 0 radical (unpaired) electrons. The molecule has 0 fully saturated rings. The molecule has 2 N–H and O–H groups in total. The van der Waals surface area contributed by atoms with Gasteiger partial charge in [-0.2, -0.15) is 5.26 Å². The van der Waals surface area contributed by atoms with Gasteiger partial charge in [0.2, 0.25) is 0 Å². The summed E-state index contributed by atoms with van der Waals surface area (Å²) in [6.07, 6.45) is 0. The minimum Gasteiger partial charge on any atom is -0.495 e. The van der Waals surface area contributed by atoms with E-state index in [1.807, 2.05) is 25.1 Å². The van der Waals surface area contributed by atoms with Gasteiger partial charge in [-0.05, 0) is 31.2 Å². The predicted octanol–water partition coefficient (Wildman–Crippen LogP) is 3.14. The first-order chi connectivity index (χ1) is 9.76. The summed E-state index contributed by atoms with van der Waals surface area (Å²) in [5, 5.41) is 15.2. The van der Waals surface area contributed by atoms with Crippen LogP contribution in [-0.2, 0) is 0 Å². The van der Waals surface area contributed by atoms with E-state index in [4.69, 9.17) is 10.00 Å². The van der Waals surface area contributed by atoms with Crippen molar-refractivity contribution in [1.82, 2.24) is 4.98 Å². The van der Waals surface area contributed by atoms with Gasteiger partial charge in [-0.25, -0.2) is 4.98 Å². The summed E-state index contributed by atoms with van der Waals surface area (Å²) in [7, 11) is 1.57. The Morgan fingerprint density at radius 2 is 2.05 bits per heavy atom. The zero-order chi connectivity index (χ0) is 14.4. The van der Waals surface area contributed by atoms with Crippen LogP contribution in [-0.4, -0.2) is 18.6 Å². The monoisotopic (exact) mass is 268 g/mol. The number of nitriles is 1. The van der Waals surface area contributed by atoms with Gasteiger partial charge < -0.3 is 15.4 Å². The van der Waals surface area contributed by atoms with Crippen LogP contribution in [0.2, 0.25) is 0 Å². The summed E-state index contributed by atoms with van der Waals surface area (Å²) >= 11 is 0. The number of methoxy groups -OCH3 is 1. The van der Waals surface area contributed by atoms with Crippen LogP contribution in [0.1, 0.15) is 12.5 Å². The van der Waals surface area contributed by atoms with E-state index in [1.165, 1.54) is 0 Å². The second-order valence-electron chi connectivity index (χ2n) is 4.09. The molecule has 1 aromatic carbocycles. The Labute approximate surface area is 118 Å². The number of hydrogen-bond acceptors (Lipinski definition) is 5. The summed E-state index contributed by atoms with van der Waals surface area (Å²) in [6, 6.07) is 13.0. The van der Waals surface area contributed by atoms with Gasteiger partial charge in [0.1, 0.15) is 17.4 Å². The molecule has 1 aromatic heterocycles. The van der Waals surface area contributed by atoms with Crippen molar-refractivity contribution >= 4 is 17.3 Å². The molecule has 0 atom stereocenters. The third-order valence-corrected chi connectivity index (χ3v) is 2.70. The zero-order valence-corrected chi connectivity index (χ0v) is 11.5. The van der Waals surface area contributed by atoms with Crippen LogP contribution >= 0.6 is 0 Å². The van der Waals surface area contributed by atoms with Crippen molar-refractivity contribution in [3.8, 4) is 11.8 Å². The van der Waals surface area contributed by atoms with Crippen molar-refractivity contribution in [2.45, 2.75) is 6.92 Å². The molecule has 0 saturated heterocycles. The fourth-order valence-electron chi connectivity index (χ4n) is 1.79. The van der Waals surface area contributed by atoms with Crippen molar-refractivity contribution in [3.63, 3.8) is 0 Å². The lowest BCUT2D eigenvalue weighted by atomic mass is 10.2. The number of nitrogens with zero attached hydrogens (tertiary/aromatic N) is 2. The SMILES string of the molecule is CCNc1cccc(Nc2ccc(C#N)cc2OC)n1. The average Bonchev–Trinajstić information content (AvgIpc) is 2.48. The van der Waals surface area contributed by atoms with Crippen LogP contribution in [0.3, 0.4) is 0 Å². The summed E-state index contributed by atoms with van der Waals surface area (Å²) in [5.41, 5.74) is 1.33. The Hall–Kier alpha value is -2.74. The lowest BCUT2D eigenvalue weighted by Crippen LogP contribution is -2.02. The topological polar surface area (TPSA) is 70.0 Å². The summed E-state index contributed by atoms with van der Waals surface area (Å²) in [6.45, 7) is 2.84. The first-order valence-electron chi connectivity index (χ1n) is 6.33. The van der Waals surface area contributed by atoms with Gasteiger partial charge in [0.25, 0.3) is 0 Å². The molecule has 0 aliphatic carbocycles. The molecule has 102 valence electrons. The number of pyridine rings is 1. The van der Waals surface area contributed by atoms with E-state index in [0.717, 1.165) is 18.1 Å². The fraction of sp³-hybridized carbons (Fsp3) is 0.200. The zero-order valence-electron chi connectivity index (χ0n) is 11.5. The number of nitrogens with one attached hydrogen (secondary N) is 2. The molecule has 2 rings (SSSR count). The van der Waals surface area contributed by atoms with Crippen LogP contribution in [0.25, 0.3) is 0 Å². The molecule has 5 nitrogen and oxygen atoms in total. The van der Waals surface area contributed by atoms with E-state index in [0.29, 0.717) is 17.1 Å². The molecule has 2 aromatic rings. The van der Waals surface area contributed by atoms with Gasteiger partial charge in [-0.3, -0.25) is 0 Å². The van der Waals surface area contributed by atoms with Crippen molar-refractivity contribution in [2.24, 2.45) is 0 Å². The standard InChI is InChI=1S/C15H16N4O/c1-3-17-14-5-4-6-15(19-14)18-12-8-7-11(10-16)9-13(12)20-2/h4-9H,3H2,1-2H3,(H2,17,18,19). The van der Waals surface area contributed by atoms with Crippen LogP contribution in [0, 0.1) is 11.3 Å². The number of anilines is 3. The van der Waals surface area contributed by atoms with Gasteiger partial charge in [0.05, 0.1) is 24.4 Å². The van der Waals surface area contributed by atoms with E-state index in [2.05, 4.69) is 21.7 Å². The second-order valence-corrected chi connectivity index (χ2v) is 4.09. The highest BCUT2D eigenvalue weighted by Gasteiger charge is 2.06. The first-order valence-corrected chi connectivity index (χ1v) is 6.33. The Kier molecular flexibility index (Phi) is 4.40. The molecule has 0 bridgehead atoms. The Morgan fingerprint density at radius 3 is 2.75 bits per heavy atom. The van der Waals surface area contributed by atoms with E-state index in [1.54, 1.807) is 25.3 Å². The molecule has 0 spiro atoms. The molecule has 0 saturated carbocycles. The molecule has 20 heavy (non-hydrogen) atoms. The Balaban J connectivity index is 2.25. The first kappa shape index (κ1) is 13.7. The van der Waals surface area contributed by atoms with Crippen LogP contribution < -0.4 is 15.4 Å². The number of benzene rings is 1. The molecule has 0 aliphatic rings. The van der Waals surface area contributed by atoms with Gasteiger partial charge in [-0.15, -0.1) is 0 Å². The summed E-state index contributed by atoms with van der Waals surface area (Å²) in [4.78, 5) is 4.43. The lowest BCUT2D eigenvalue weighted by molar-refractivity contribution is 0.416. The fourth-order valence-corrected chi connectivity index (χ4v) is 1.79. The van der Waals surface area contributed by atoms with Crippen molar-refractivity contribution in [3.05, 3.63) is 42.0 Å². The van der Waals surface area contributed by atoms with Crippen LogP contribution in [0.5, 0.6) is 5.75 Å². The van der Waals surface area contributed by atoms with Crippen molar-refractivity contribution in [1.29, 1.82) is 5.26 Å². The number of rotatable bonds is 5. The molecular weight excluding hydrogens is 252 g/mol. The summed E-state index contributed by atoms with van der Waals surface area (Å²) < 4.78 is 5.28. The third kappa shape index (κ3) is 3.18. The van der Waals surface area contributed by atoms with Crippen molar-refractivity contribution < 1.29 is 4.74 Å². The van der Waals surface area contributed by atoms with E-state index >= 15 is 0 Å². The average molecular weight is 268 g/mol. The minimum absolute atomic E-state index is 0.557.